The largest absolute Gasteiger partial charge is 0.450 e. The van der Waals surface area contributed by atoms with Gasteiger partial charge in [-0.05, 0) is 31.2 Å². The molecule has 0 saturated carbocycles. The summed E-state index contributed by atoms with van der Waals surface area (Å²) >= 11 is 0. The predicted octanol–water partition coefficient (Wildman–Crippen LogP) is 2.78. The zero-order valence-electron chi connectivity index (χ0n) is 12.6. The molecule has 1 rings (SSSR count). The first kappa shape index (κ1) is 19.0. The molecule has 0 aliphatic carbocycles. The van der Waals surface area contributed by atoms with Crippen molar-refractivity contribution in [2.45, 2.75) is 13.5 Å². The molecule has 0 radical (unpaired) electrons. The number of ether oxygens (including phenoxy) is 2. The topological polar surface area (TPSA) is 113 Å². The molecule has 1 atom stereocenters. The number of carbonyl (C=O) groups excluding carboxylic acids is 2. The number of carbonyl (C=O) groups is 2. The first-order valence-electron chi connectivity index (χ1n) is 6.75. The van der Waals surface area contributed by atoms with E-state index in [-0.39, 0.29) is 18.9 Å². The Morgan fingerprint density at radius 2 is 2.00 bits per heavy atom. The van der Waals surface area contributed by atoms with E-state index in [0.29, 0.717) is 5.69 Å². The van der Waals surface area contributed by atoms with Gasteiger partial charge in [-0.1, -0.05) is 0 Å². The van der Waals surface area contributed by atoms with Crippen molar-refractivity contribution >= 4 is 17.7 Å². The van der Waals surface area contributed by atoms with Crippen molar-refractivity contribution in [1.29, 1.82) is 5.26 Å². The minimum atomic E-state index is -2.92. The predicted molar refractivity (Wildman–Crippen MR) is 76.7 cm³/mol. The van der Waals surface area contributed by atoms with Crippen molar-refractivity contribution in [2.75, 3.05) is 13.2 Å². The minimum absolute atomic E-state index is 0.0346. The van der Waals surface area contributed by atoms with Crippen LogP contribution in [-0.4, -0.2) is 31.8 Å². The maximum atomic E-state index is 12.0. The summed E-state index contributed by atoms with van der Waals surface area (Å²) in [6.45, 7) is -1.55. The average Bonchev–Trinajstić information content (AvgIpc) is 2.52. The summed E-state index contributed by atoms with van der Waals surface area (Å²) in [6, 6.07) is 6.99. The highest BCUT2D eigenvalue weighted by atomic mass is 19.3. The highest BCUT2D eigenvalue weighted by Crippen LogP contribution is 2.20. The van der Waals surface area contributed by atoms with Gasteiger partial charge in [-0.2, -0.15) is 24.3 Å². The second-order valence-corrected chi connectivity index (χ2v) is 4.19. The van der Waals surface area contributed by atoms with Crippen molar-refractivity contribution in [2.24, 2.45) is 16.1 Å². The van der Waals surface area contributed by atoms with Crippen LogP contribution in [0.15, 0.2) is 34.5 Å². The van der Waals surface area contributed by atoms with Crippen LogP contribution in [0, 0.1) is 17.2 Å². The molecule has 2 amide bonds. The summed E-state index contributed by atoms with van der Waals surface area (Å²) < 4.78 is 32.7. The quantitative estimate of drug-likeness (QED) is 0.767. The number of hydrogen-bond acceptors (Lipinski definition) is 7. The number of nitrogens with zero attached hydrogens (tertiary/aromatic N) is 3. The molecular formula is C14H14F2N4O4. The van der Waals surface area contributed by atoms with Gasteiger partial charge in [0.15, 0.2) is 0 Å². The van der Waals surface area contributed by atoms with E-state index >= 15 is 0 Å². The van der Waals surface area contributed by atoms with Crippen LogP contribution < -0.4 is 10.1 Å². The number of halogens is 2. The fraction of sp³-hybridized carbons (Fsp3) is 0.357. The van der Waals surface area contributed by atoms with Gasteiger partial charge in [0.2, 0.25) is 5.91 Å². The third kappa shape index (κ3) is 6.78. The fourth-order valence-electron chi connectivity index (χ4n) is 1.44. The zero-order chi connectivity index (χ0) is 17.9. The SMILES string of the molecule is CCOC(=O)NC(=O)C(C#N)CN=Nc1ccc(OC(F)F)cc1. The monoisotopic (exact) mass is 340 g/mol. The molecule has 128 valence electrons. The molecule has 0 aliphatic rings. The fourth-order valence-corrected chi connectivity index (χ4v) is 1.44. The molecule has 24 heavy (non-hydrogen) atoms. The number of rotatable bonds is 7. The van der Waals surface area contributed by atoms with Gasteiger partial charge < -0.3 is 9.47 Å². The van der Waals surface area contributed by atoms with Crippen molar-refractivity contribution < 1.29 is 27.8 Å². The number of amides is 2. The number of benzene rings is 1. The number of alkyl carbamates (subject to hydrolysis) is 1. The zero-order valence-corrected chi connectivity index (χ0v) is 12.6. The molecule has 0 bridgehead atoms. The number of nitriles is 1. The van der Waals surface area contributed by atoms with Crippen molar-refractivity contribution in [3.05, 3.63) is 24.3 Å². The van der Waals surface area contributed by atoms with Gasteiger partial charge in [-0.15, -0.1) is 0 Å². The molecule has 0 aromatic heterocycles. The first-order chi connectivity index (χ1) is 11.5. The summed E-state index contributed by atoms with van der Waals surface area (Å²) in [5.74, 6) is -2.11. The van der Waals surface area contributed by atoms with E-state index in [0.717, 1.165) is 0 Å². The van der Waals surface area contributed by atoms with Gasteiger partial charge in [0, 0.05) is 0 Å². The average molecular weight is 340 g/mol. The van der Waals surface area contributed by atoms with Gasteiger partial charge in [-0.3, -0.25) is 10.1 Å². The maximum absolute atomic E-state index is 12.0. The molecule has 8 nitrogen and oxygen atoms in total. The van der Waals surface area contributed by atoms with Crippen LogP contribution in [0.2, 0.25) is 0 Å². The van der Waals surface area contributed by atoms with Gasteiger partial charge >= 0.3 is 12.7 Å². The summed E-state index contributed by atoms with van der Waals surface area (Å²) in [7, 11) is 0. The minimum Gasteiger partial charge on any atom is -0.450 e. The van der Waals surface area contributed by atoms with Crippen LogP contribution in [0.3, 0.4) is 0 Å². The van der Waals surface area contributed by atoms with Gasteiger partial charge in [0.25, 0.3) is 0 Å². The van der Waals surface area contributed by atoms with Crippen molar-refractivity contribution in [1.82, 2.24) is 5.32 Å². The smallest absolute Gasteiger partial charge is 0.413 e. The van der Waals surface area contributed by atoms with E-state index < -0.39 is 24.5 Å². The normalized spacial score (nSPS) is 11.8. The van der Waals surface area contributed by atoms with Crippen molar-refractivity contribution in [3.63, 3.8) is 0 Å². The summed E-state index contributed by atoms with van der Waals surface area (Å²) in [6.07, 6.45) is -0.950. The standard InChI is InChI=1S/C14H14F2N4O4/c1-2-23-14(22)19-12(21)9(7-17)8-18-20-10-3-5-11(6-4-10)24-13(15)16/h3-6,9,13H,2,8H2,1H3,(H,19,21,22). The lowest BCUT2D eigenvalue weighted by Crippen LogP contribution is -2.36. The van der Waals surface area contributed by atoms with Crippen LogP contribution >= 0.6 is 0 Å². The molecule has 0 saturated heterocycles. The number of alkyl halides is 2. The second-order valence-electron chi connectivity index (χ2n) is 4.19. The summed E-state index contributed by atoms with van der Waals surface area (Å²) in [5.41, 5.74) is 0.319. The van der Waals surface area contributed by atoms with E-state index in [1.54, 1.807) is 13.0 Å². The Kier molecular flexibility index (Phi) is 7.77. The molecular weight excluding hydrogens is 326 g/mol. The van der Waals surface area contributed by atoms with Gasteiger partial charge in [0.05, 0.1) is 24.9 Å². The Balaban J connectivity index is 2.56. The lowest BCUT2D eigenvalue weighted by Gasteiger charge is -2.06. The molecule has 10 heteroatoms. The van der Waals surface area contributed by atoms with Gasteiger partial charge in [-0.25, -0.2) is 4.79 Å². The highest BCUT2D eigenvalue weighted by molar-refractivity contribution is 5.94. The van der Waals surface area contributed by atoms with Crippen LogP contribution in [0.5, 0.6) is 5.75 Å². The Labute approximate surface area is 136 Å². The summed E-state index contributed by atoms with van der Waals surface area (Å²) in [4.78, 5) is 22.7. The molecule has 1 unspecified atom stereocenters. The second kappa shape index (κ2) is 9.83. The lowest BCUT2D eigenvalue weighted by atomic mass is 10.1. The van der Waals surface area contributed by atoms with E-state index in [9.17, 15) is 18.4 Å². The third-order valence-electron chi connectivity index (χ3n) is 2.49. The molecule has 0 spiro atoms. The van der Waals surface area contributed by atoms with Crippen LogP contribution in [0.1, 0.15) is 6.92 Å². The molecule has 1 aromatic rings. The third-order valence-corrected chi connectivity index (χ3v) is 2.49. The van der Waals surface area contributed by atoms with Crippen LogP contribution in [0.4, 0.5) is 19.3 Å². The number of imide groups is 1. The van der Waals surface area contributed by atoms with Crippen LogP contribution in [-0.2, 0) is 9.53 Å². The Hall–Kier alpha value is -3.09. The Morgan fingerprint density at radius 3 is 2.54 bits per heavy atom. The summed E-state index contributed by atoms with van der Waals surface area (Å²) in [5, 5.41) is 18.2. The van der Waals surface area contributed by atoms with E-state index in [1.165, 1.54) is 24.3 Å². The maximum Gasteiger partial charge on any atom is 0.413 e. The molecule has 0 heterocycles. The molecule has 1 N–H and O–H groups in total. The van der Waals surface area contributed by atoms with Crippen LogP contribution in [0.25, 0.3) is 0 Å². The van der Waals surface area contributed by atoms with E-state index in [4.69, 9.17) is 5.26 Å². The van der Waals surface area contributed by atoms with Crippen molar-refractivity contribution in [3.8, 4) is 11.8 Å². The number of nitrogens with one attached hydrogen (secondary N) is 1. The molecule has 0 aliphatic heterocycles. The Bertz CT molecular complexity index is 629. The van der Waals surface area contributed by atoms with E-state index in [2.05, 4.69) is 19.7 Å². The lowest BCUT2D eigenvalue weighted by molar-refractivity contribution is -0.122. The van der Waals surface area contributed by atoms with E-state index in [1.807, 2.05) is 5.32 Å². The highest BCUT2D eigenvalue weighted by Gasteiger charge is 2.20. The number of azo groups is 1. The Morgan fingerprint density at radius 1 is 1.33 bits per heavy atom. The molecule has 0 fully saturated rings. The van der Waals surface area contributed by atoms with Gasteiger partial charge in [0.1, 0.15) is 11.7 Å². The first-order valence-corrected chi connectivity index (χ1v) is 6.75. The number of hydrogen-bond donors (Lipinski definition) is 1. The molecule has 1 aromatic carbocycles.